The van der Waals surface area contributed by atoms with Gasteiger partial charge in [-0.2, -0.15) is 13.2 Å². The van der Waals surface area contributed by atoms with Gasteiger partial charge in [0.2, 0.25) is 0 Å². The summed E-state index contributed by atoms with van der Waals surface area (Å²) < 4.78 is 39.6. The molecule has 0 bridgehead atoms. The Morgan fingerprint density at radius 3 is 1.55 bits per heavy atom. The second kappa shape index (κ2) is 7.05. The number of aromatic nitrogens is 2. The molecule has 3 aromatic carbocycles. The molecule has 0 radical (unpaired) electrons. The Morgan fingerprint density at radius 2 is 1.10 bits per heavy atom. The average Bonchev–Trinajstić information content (AvgIpc) is 3.25. The van der Waals surface area contributed by atoms with E-state index >= 15 is 0 Å². The minimum absolute atomic E-state index is 0.213. The topological polar surface area (TPSA) is 31.6 Å². The van der Waals surface area contributed by atoms with Crippen LogP contribution in [0.25, 0.3) is 21.8 Å². The molecule has 0 atom stereocenters. The van der Waals surface area contributed by atoms with Gasteiger partial charge >= 0.3 is 6.18 Å². The van der Waals surface area contributed by atoms with Gasteiger partial charge in [0, 0.05) is 39.1 Å². The lowest BCUT2D eigenvalue weighted by Gasteiger charge is -2.21. The number of hydrogen-bond donors (Lipinski definition) is 2. The van der Waals surface area contributed by atoms with Crippen LogP contribution in [-0.4, -0.2) is 9.97 Å². The molecule has 5 aromatic rings. The number of para-hydroxylation sites is 2. The molecule has 0 saturated carbocycles. The minimum Gasteiger partial charge on any atom is -0.358 e. The van der Waals surface area contributed by atoms with E-state index in [9.17, 15) is 13.2 Å². The van der Waals surface area contributed by atoms with E-state index in [0.29, 0.717) is 0 Å². The predicted molar refractivity (Wildman–Crippen MR) is 118 cm³/mol. The molecule has 0 unspecified atom stereocenters. The Bertz CT molecular complexity index is 1310. The van der Waals surface area contributed by atoms with Crippen molar-refractivity contribution < 1.29 is 13.2 Å². The molecule has 156 valence electrons. The molecular formula is C26H21F3N2. The number of nitrogens with one attached hydrogen (secondary N) is 2. The van der Waals surface area contributed by atoms with Gasteiger partial charge in [0.15, 0.2) is 0 Å². The lowest BCUT2D eigenvalue weighted by Crippen LogP contribution is -2.08. The lowest BCUT2D eigenvalue weighted by molar-refractivity contribution is -0.137. The summed E-state index contributed by atoms with van der Waals surface area (Å²) in [6.07, 6.45) is -4.36. The molecule has 2 nitrogen and oxygen atoms in total. The number of alkyl halides is 3. The summed E-state index contributed by atoms with van der Waals surface area (Å²) in [5.74, 6) is -0.213. The maximum Gasteiger partial charge on any atom is 0.416 e. The monoisotopic (exact) mass is 418 g/mol. The van der Waals surface area contributed by atoms with Gasteiger partial charge < -0.3 is 9.97 Å². The van der Waals surface area contributed by atoms with Gasteiger partial charge in [-0.1, -0.05) is 48.5 Å². The normalized spacial score (nSPS) is 12.3. The zero-order chi connectivity index (χ0) is 21.8. The highest BCUT2D eigenvalue weighted by Gasteiger charge is 2.32. The number of aromatic amines is 2. The predicted octanol–water partition coefficient (Wildman–Crippen LogP) is 7.47. The Balaban J connectivity index is 1.81. The minimum atomic E-state index is -4.36. The molecule has 2 N–H and O–H groups in total. The second-order valence-corrected chi connectivity index (χ2v) is 7.97. The maximum atomic E-state index is 13.2. The molecule has 0 aliphatic rings. The van der Waals surface area contributed by atoms with E-state index in [-0.39, 0.29) is 5.92 Å². The van der Waals surface area contributed by atoms with Crippen LogP contribution in [0.5, 0.6) is 0 Å². The van der Waals surface area contributed by atoms with Crippen LogP contribution >= 0.6 is 0 Å². The first-order valence-corrected chi connectivity index (χ1v) is 10.2. The Hall–Kier alpha value is -3.47. The van der Waals surface area contributed by atoms with Gasteiger partial charge in [-0.25, -0.2) is 0 Å². The molecule has 0 saturated heterocycles. The van der Waals surface area contributed by atoms with Crippen molar-refractivity contribution in [3.05, 3.63) is 106 Å². The standard InChI is InChI=1S/C26H21F3N2/c1-15-23(19-7-3-5-9-21(19)30-15)25(17-11-13-18(14-12-17)26(27,28)29)24-16(2)31-22-10-6-4-8-20(22)24/h3-14,25,30-31H,1-2H3. The summed E-state index contributed by atoms with van der Waals surface area (Å²) in [6, 6.07) is 21.7. The fraction of sp³-hybridized carbons (Fsp3) is 0.154. The summed E-state index contributed by atoms with van der Waals surface area (Å²) >= 11 is 0. The summed E-state index contributed by atoms with van der Waals surface area (Å²) in [5.41, 5.74) is 6.42. The number of halogens is 3. The van der Waals surface area contributed by atoms with Crippen LogP contribution in [0, 0.1) is 13.8 Å². The number of fused-ring (bicyclic) bond motifs is 2. The number of benzene rings is 3. The van der Waals surface area contributed by atoms with E-state index in [0.717, 1.165) is 49.9 Å². The molecule has 0 amide bonds. The number of rotatable bonds is 3. The average molecular weight is 418 g/mol. The smallest absolute Gasteiger partial charge is 0.358 e. The van der Waals surface area contributed by atoms with Crippen molar-refractivity contribution >= 4 is 21.8 Å². The Kier molecular flexibility index (Phi) is 4.43. The van der Waals surface area contributed by atoms with Crippen LogP contribution in [-0.2, 0) is 6.18 Å². The fourth-order valence-corrected chi connectivity index (χ4v) is 4.68. The number of hydrogen-bond acceptors (Lipinski definition) is 0. The van der Waals surface area contributed by atoms with Crippen molar-refractivity contribution in [3.8, 4) is 0 Å². The zero-order valence-electron chi connectivity index (χ0n) is 17.1. The van der Waals surface area contributed by atoms with Crippen LogP contribution in [0.3, 0.4) is 0 Å². The first-order valence-electron chi connectivity index (χ1n) is 10.2. The van der Waals surface area contributed by atoms with Crippen molar-refractivity contribution in [2.75, 3.05) is 0 Å². The van der Waals surface area contributed by atoms with E-state index in [4.69, 9.17) is 0 Å². The van der Waals surface area contributed by atoms with Gasteiger partial charge in [0.1, 0.15) is 0 Å². The molecule has 0 spiro atoms. The van der Waals surface area contributed by atoms with Crippen molar-refractivity contribution in [1.29, 1.82) is 0 Å². The van der Waals surface area contributed by atoms with E-state index in [1.807, 2.05) is 50.2 Å². The fourth-order valence-electron chi connectivity index (χ4n) is 4.68. The van der Waals surface area contributed by atoms with Gasteiger partial charge in [0.05, 0.1) is 5.56 Å². The van der Waals surface area contributed by atoms with Crippen LogP contribution in [0.4, 0.5) is 13.2 Å². The van der Waals surface area contributed by atoms with E-state index < -0.39 is 11.7 Å². The third-order valence-electron chi connectivity index (χ3n) is 6.04. The van der Waals surface area contributed by atoms with Gasteiger partial charge in [-0.3, -0.25) is 0 Å². The first kappa shape index (κ1) is 19.5. The van der Waals surface area contributed by atoms with Gasteiger partial charge in [0.25, 0.3) is 0 Å². The molecular weight excluding hydrogens is 397 g/mol. The molecule has 0 aliphatic carbocycles. The highest BCUT2D eigenvalue weighted by molar-refractivity contribution is 5.90. The molecule has 0 aliphatic heterocycles. The Labute approximate surface area is 177 Å². The third-order valence-corrected chi connectivity index (χ3v) is 6.04. The molecule has 31 heavy (non-hydrogen) atoms. The van der Waals surface area contributed by atoms with Gasteiger partial charge in [-0.15, -0.1) is 0 Å². The molecule has 2 aromatic heterocycles. The zero-order valence-corrected chi connectivity index (χ0v) is 17.1. The van der Waals surface area contributed by atoms with E-state index in [1.165, 1.54) is 12.1 Å². The molecule has 5 rings (SSSR count). The molecule has 5 heteroatoms. The quantitative estimate of drug-likeness (QED) is 0.305. The lowest BCUT2D eigenvalue weighted by atomic mass is 9.82. The van der Waals surface area contributed by atoms with Crippen LogP contribution in [0.1, 0.15) is 39.6 Å². The highest BCUT2D eigenvalue weighted by atomic mass is 19.4. The summed E-state index contributed by atoms with van der Waals surface area (Å²) in [7, 11) is 0. The molecule has 2 heterocycles. The summed E-state index contributed by atoms with van der Waals surface area (Å²) in [4.78, 5) is 6.90. The van der Waals surface area contributed by atoms with Crippen molar-refractivity contribution in [2.24, 2.45) is 0 Å². The van der Waals surface area contributed by atoms with E-state index in [2.05, 4.69) is 22.1 Å². The Morgan fingerprint density at radius 1 is 0.645 bits per heavy atom. The van der Waals surface area contributed by atoms with Crippen LogP contribution in [0.2, 0.25) is 0 Å². The SMILES string of the molecule is Cc1[nH]c2ccccc2c1C(c1ccc(C(F)(F)F)cc1)c1c(C)[nH]c2ccccc12. The number of H-pyrrole nitrogens is 2. The molecule has 0 fully saturated rings. The van der Waals surface area contributed by atoms with Gasteiger partial charge in [-0.05, 0) is 54.8 Å². The van der Waals surface area contributed by atoms with Crippen LogP contribution < -0.4 is 0 Å². The second-order valence-electron chi connectivity index (χ2n) is 7.97. The maximum absolute atomic E-state index is 13.2. The van der Waals surface area contributed by atoms with E-state index in [1.54, 1.807) is 12.1 Å². The summed E-state index contributed by atoms with van der Waals surface area (Å²) in [6.45, 7) is 4.05. The van der Waals surface area contributed by atoms with Crippen LogP contribution in [0.15, 0.2) is 72.8 Å². The van der Waals surface area contributed by atoms with Crippen molar-refractivity contribution in [1.82, 2.24) is 9.97 Å². The number of aryl methyl sites for hydroxylation is 2. The summed E-state index contributed by atoms with van der Waals surface area (Å²) in [5, 5.41) is 2.16. The third kappa shape index (κ3) is 3.21. The van der Waals surface area contributed by atoms with Crippen molar-refractivity contribution in [2.45, 2.75) is 25.9 Å². The first-order chi connectivity index (χ1) is 14.8. The highest BCUT2D eigenvalue weighted by Crippen LogP contribution is 2.43. The largest absolute Gasteiger partial charge is 0.416 e. The van der Waals surface area contributed by atoms with Crippen molar-refractivity contribution in [3.63, 3.8) is 0 Å².